The quantitative estimate of drug-likeness (QED) is 0.122. The topological polar surface area (TPSA) is 153 Å². The molecule has 1 saturated carbocycles. The first-order valence-electron chi connectivity index (χ1n) is 16.1. The highest BCUT2D eigenvalue weighted by molar-refractivity contribution is 5.98. The Kier molecular flexibility index (Phi) is 12.5. The molecule has 48 heavy (non-hydrogen) atoms. The van der Waals surface area contributed by atoms with Crippen molar-refractivity contribution in [2.45, 2.75) is 37.1 Å². The van der Waals surface area contributed by atoms with Crippen LogP contribution in [0.4, 0.5) is 0 Å². The summed E-state index contributed by atoms with van der Waals surface area (Å²) in [6.45, 7) is 2.89. The highest BCUT2D eigenvalue weighted by Crippen LogP contribution is 2.52. The van der Waals surface area contributed by atoms with Crippen LogP contribution in [0.1, 0.15) is 52.0 Å². The lowest BCUT2D eigenvalue weighted by Crippen LogP contribution is -2.45. The zero-order valence-electron chi connectivity index (χ0n) is 26.8. The van der Waals surface area contributed by atoms with Gasteiger partial charge in [0.1, 0.15) is 17.9 Å². The number of carbonyl (C=O) groups is 3. The van der Waals surface area contributed by atoms with E-state index >= 15 is 0 Å². The number of phenols is 1. The van der Waals surface area contributed by atoms with Crippen LogP contribution >= 0.6 is 0 Å². The monoisotopic (exact) mass is 662 g/mol. The summed E-state index contributed by atoms with van der Waals surface area (Å²) in [4.78, 5) is 39.8. The number of ether oxygens (including phenoxy) is 5. The summed E-state index contributed by atoms with van der Waals surface area (Å²) in [5.41, 5.74) is 1.65. The van der Waals surface area contributed by atoms with Gasteiger partial charge in [0.15, 0.2) is 6.23 Å². The number of aromatic hydroxyl groups is 1. The lowest BCUT2D eigenvalue weighted by molar-refractivity contribution is -0.150. The van der Waals surface area contributed by atoms with Gasteiger partial charge in [-0.2, -0.15) is 0 Å². The van der Waals surface area contributed by atoms with Crippen LogP contribution in [-0.2, 0) is 39.9 Å². The summed E-state index contributed by atoms with van der Waals surface area (Å²) >= 11 is 0. The van der Waals surface area contributed by atoms with Gasteiger partial charge in [-0.3, -0.25) is 9.59 Å². The number of fused-ring (bicyclic) bond motifs is 1. The van der Waals surface area contributed by atoms with Crippen molar-refractivity contribution in [2.24, 2.45) is 0 Å². The van der Waals surface area contributed by atoms with Crippen LogP contribution in [0.2, 0.25) is 0 Å². The van der Waals surface area contributed by atoms with Crippen LogP contribution in [0, 0.1) is 0 Å². The molecule has 3 atom stereocenters. The molecule has 0 saturated heterocycles. The lowest BCUT2D eigenvalue weighted by Gasteiger charge is -2.20. The van der Waals surface area contributed by atoms with Crippen LogP contribution in [0.25, 0.3) is 0 Å². The average Bonchev–Trinajstić information content (AvgIpc) is 3.78. The third-order valence-electron chi connectivity index (χ3n) is 8.29. The number of hydrogen-bond acceptors (Lipinski definition) is 10. The number of benzene rings is 3. The average molecular weight is 663 g/mol. The zero-order valence-corrected chi connectivity index (χ0v) is 26.8. The molecule has 3 aromatic rings. The van der Waals surface area contributed by atoms with Crippen molar-refractivity contribution in [3.05, 3.63) is 101 Å². The maximum absolute atomic E-state index is 13.2. The van der Waals surface area contributed by atoms with E-state index < -0.39 is 17.7 Å². The van der Waals surface area contributed by atoms with Crippen LogP contribution < -0.4 is 5.32 Å². The van der Waals surface area contributed by atoms with Crippen LogP contribution in [0.15, 0.2) is 78.9 Å². The maximum atomic E-state index is 13.2. The third kappa shape index (κ3) is 9.18. The molecule has 3 aromatic carbocycles. The van der Waals surface area contributed by atoms with Gasteiger partial charge in [0, 0.05) is 30.0 Å². The van der Waals surface area contributed by atoms with Gasteiger partial charge in [0.05, 0.1) is 52.9 Å². The Morgan fingerprint density at radius 1 is 0.792 bits per heavy atom. The highest BCUT2D eigenvalue weighted by Gasteiger charge is 2.63. The van der Waals surface area contributed by atoms with Gasteiger partial charge in [-0.05, 0) is 35.7 Å². The number of aliphatic hydroxyl groups is 1. The minimum Gasteiger partial charge on any atom is -0.508 e. The Bertz CT molecular complexity index is 1500. The molecule has 256 valence electrons. The summed E-state index contributed by atoms with van der Waals surface area (Å²) in [6.07, 6.45) is -0.483. The van der Waals surface area contributed by atoms with Crippen molar-refractivity contribution in [3.63, 3.8) is 0 Å². The van der Waals surface area contributed by atoms with Gasteiger partial charge in [-0.15, -0.1) is 0 Å². The van der Waals surface area contributed by atoms with Gasteiger partial charge in [-0.25, -0.2) is 4.79 Å². The van der Waals surface area contributed by atoms with E-state index in [-0.39, 0.29) is 56.3 Å². The van der Waals surface area contributed by atoms with Crippen molar-refractivity contribution < 1.29 is 48.3 Å². The van der Waals surface area contributed by atoms with E-state index in [0.29, 0.717) is 57.2 Å². The molecule has 0 radical (unpaired) electrons. The largest absolute Gasteiger partial charge is 0.508 e. The first-order chi connectivity index (χ1) is 23.4. The summed E-state index contributed by atoms with van der Waals surface area (Å²) in [5, 5.41) is 22.9. The SMILES string of the molecule is O=C(CCOCCOCCOCCOCCN1C(=O)c2ccccc2C1O)NC1(C(=O)OCc2ccccc2)CC1c1ccc(O)cc1. The van der Waals surface area contributed by atoms with Gasteiger partial charge >= 0.3 is 5.97 Å². The summed E-state index contributed by atoms with van der Waals surface area (Å²) < 4.78 is 27.7. The normalized spacial score (nSPS) is 19.6. The molecule has 0 aromatic heterocycles. The second-order valence-electron chi connectivity index (χ2n) is 11.6. The first kappa shape index (κ1) is 35.0. The number of esters is 1. The van der Waals surface area contributed by atoms with E-state index in [9.17, 15) is 24.6 Å². The lowest BCUT2D eigenvalue weighted by atomic mass is 10.1. The molecule has 12 heteroatoms. The standard InChI is InChI=1S/C36H42N2O10/c39-28-12-10-27(11-13-28)31-24-36(31,35(43)48-25-26-6-2-1-3-7-26)37-32(40)14-16-44-18-20-46-22-23-47-21-19-45-17-15-38-33(41)29-8-4-5-9-30(29)34(38)42/h1-13,31,33,39,41H,14-25H2,(H,37,40). The molecule has 2 amide bonds. The van der Waals surface area contributed by atoms with Gasteiger partial charge in [0.2, 0.25) is 5.91 Å². The second-order valence-corrected chi connectivity index (χ2v) is 11.6. The molecule has 12 nitrogen and oxygen atoms in total. The molecule has 3 N–H and O–H groups in total. The Balaban J connectivity index is 0.899. The number of carbonyl (C=O) groups excluding carboxylic acids is 3. The summed E-state index contributed by atoms with van der Waals surface area (Å²) in [6, 6.07) is 23.0. The van der Waals surface area contributed by atoms with Crippen LogP contribution in [0.3, 0.4) is 0 Å². The van der Waals surface area contributed by atoms with Crippen molar-refractivity contribution in [1.29, 1.82) is 0 Å². The number of phenolic OH excluding ortho intramolecular Hbond substituents is 1. The summed E-state index contributed by atoms with van der Waals surface area (Å²) in [5.74, 6) is -1.16. The van der Waals surface area contributed by atoms with Crippen LogP contribution in [-0.4, -0.2) is 97.8 Å². The molecule has 0 spiro atoms. The van der Waals surface area contributed by atoms with Gasteiger partial charge in [0.25, 0.3) is 5.91 Å². The van der Waals surface area contributed by atoms with Crippen molar-refractivity contribution in [2.75, 3.05) is 59.4 Å². The van der Waals surface area contributed by atoms with E-state index in [0.717, 1.165) is 11.1 Å². The van der Waals surface area contributed by atoms with Crippen molar-refractivity contribution in [1.82, 2.24) is 10.2 Å². The molecule has 1 aliphatic heterocycles. The zero-order chi connectivity index (χ0) is 33.8. The van der Waals surface area contributed by atoms with Crippen molar-refractivity contribution >= 4 is 17.8 Å². The molecule has 5 rings (SSSR count). The molecular formula is C36H42N2O10. The number of amides is 2. The minimum absolute atomic E-state index is 0.0664. The fraction of sp³-hybridized carbons (Fsp3) is 0.417. The molecule has 0 bridgehead atoms. The van der Waals surface area contributed by atoms with Gasteiger partial charge in [-0.1, -0.05) is 60.7 Å². The molecule has 1 heterocycles. The predicted octanol–water partition coefficient (Wildman–Crippen LogP) is 3.08. The van der Waals surface area contributed by atoms with E-state index in [4.69, 9.17) is 23.7 Å². The minimum atomic E-state index is -1.17. The smallest absolute Gasteiger partial charge is 0.332 e. The van der Waals surface area contributed by atoms with Gasteiger partial charge < -0.3 is 44.1 Å². The van der Waals surface area contributed by atoms with E-state index in [1.54, 1.807) is 48.5 Å². The predicted molar refractivity (Wildman–Crippen MR) is 173 cm³/mol. The maximum Gasteiger partial charge on any atom is 0.332 e. The number of aliphatic hydroxyl groups excluding tert-OH is 1. The third-order valence-corrected chi connectivity index (χ3v) is 8.29. The van der Waals surface area contributed by atoms with Crippen molar-refractivity contribution in [3.8, 4) is 5.75 Å². The molecule has 1 aliphatic carbocycles. The highest BCUT2D eigenvalue weighted by atomic mass is 16.6. The Morgan fingerprint density at radius 3 is 2.06 bits per heavy atom. The van der Waals surface area contributed by atoms with E-state index in [2.05, 4.69) is 5.32 Å². The first-order valence-corrected chi connectivity index (χ1v) is 16.1. The molecule has 3 unspecified atom stereocenters. The summed E-state index contributed by atoms with van der Waals surface area (Å²) in [7, 11) is 0. The van der Waals surface area contributed by atoms with Crippen LogP contribution in [0.5, 0.6) is 5.75 Å². The number of rotatable bonds is 20. The Hall–Kier alpha value is -4.33. The van der Waals surface area contributed by atoms with E-state index in [1.165, 1.54) is 4.90 Å². The second kappa shape index (κ2) is 17.2. The molecule has 2 aliphatic rings. The Labute approximate surface area is 279 Å². The fourth-order valence-corrected chi connectivity index (χ4v) is 5.61. The molecular weight excluding hydrogens is 620 g/mol. The number of hydrogen-bond donors (Lipinski definition) is 3. The fourth-order valence-electron chi connectivity index (χ4n) is 5.61. The Morgan fingerprint density at radius 2 is 1.40 bits per heavy atom. The number of nitrogens with zero attached hydrogens (tertiary/aromatic N) is 1. The number of nitrogens with one attached hydrogen (secondary N) is 1. The van der Waals surface area contributed by atoms with E-state index in [1.807, 2.05) is 30.3 Å². The molecule has 1 fully saturated rings.